The maximum Gasteiger partial charge on any atom is 0.218 e. The normalized spacial score (nSPS) is 10.8. The van der Waals surface area contributed by atoms with Gasteiger partial charge in [-0.3, -0.25) is 0 Å². The number of aromatic nitrogens is 2. The third kappa shape index (κ3) is 2.84. The molecule has 0 saturated heterocycles. The van der Waals surface area contributed by atoms with Gasteiger partial charge in [0.1, 0.15) is 23.7 Å². The summed E-state index contributed by atoms with van der Waals surface area (Å²) >= 11 is 0. The minimum Gasteiger partial charge on any atom is -0.619 e. The van der Waals surface area contributed by atoms with Crippen molar-refractivity contribution in [2.24, 2.45) is 0 Å². The fourth-order valence-electron chi connectivity index (χ4n) is 2.69. The first-order valence-electron chi connectivity index (χ1n) is 7.95. The standard InChI is InChI=1S/C20H15N3O3/c1-22(24)15-9-12-18-19(13-15)23(25)20(21-18)14-7-10-17(11-8-14)26-16-5-3-2-4-6-16/h2-13,25H,1H2. The van der Waals surface area contributed by atoms with E-state index in [9.17, 15) is 10.4 Å². The van der Waals surface area contributed by atoms with Gasteiger partial charge in [0, 0.05) is 17.7 Å². The monoisotopic (exact) mass is 345 g/mol. The Bertz CT molecular complexity index is 1090. The summed E-state index contributed by atoms with van der Waals surface area (Å²) in [5.74, 6) is 1.81. The number of imidazole rings is 1. The highest BCUT2D eigenvalue weighted by molar-refractivity contribution is 5.82. The quantitative estimate of drug-likeness (QED) is 0.193. The van der Waals surface area contributed by atoms with Gasteiger partial charge >= 0.3 is 0 Å². The van der Waals surface area contributed by atoms with Crippen LogP contribution in [0, 0.1) is 5.21 Å². The molecule has 3 aromatic carbocycles. The Kier molecular flexibility index (Phi) is 3.78. The van der Waals surface area contributed by atoms with Gasteiger partial charge in [0.25, 0.3) is 0 Å². The summed E-state index contributed by atoms with van der Waals surface area (Å²) in [6.45, 7) is 3.31. The lowest BCUT2D eigenvalue weighted by Gasteiger charge is -2.06. The second kappa shape index (κ2) is 6.25. The summed E-state index contributed by atoms with van der Waals surface area (Å²) in [6, 6.07) is 21.5. The van der Waals surface area contributed by atoms with Crippen molar-refractivity contribution >= 4 is 23.4 Å². The van der Waals surface area contributed by atoms with Gasteiger partial charge in [-0.15, -0.1) is 0 Å². The Morgan fingerprint density at radius 1 is 0.962 bits per heavy atom. The number of ether oxygens (including phenoxy) is 1. The SMILES string of the molecule is C=[N+]([O-])c1ccc2nc(-c3ccc(Oc4ccccc4)cc3)n(O)c2c1. The van der Waals surface area contributed by atoms with E-state index in [-0.39, 0.29) is 0 Å². The Hall–Kier alpha value is -3.80. The molecule has 4 aromatic rings. The Balaban J connectivity index is 1.67. The van der Waals surface area contributed by atoms with Crippen LogP contribution in [0.15, 0.2) is 72.8 Å². The van der Waals surface area contributed by atoms with Crippen LogP contribution in [0.25, 0.3) is 22.4 Å². The van der Waals surface area contributed by atoms with Gasteiger partial charge in [-0.2, -0.15) is 9.47 Å². The van der Waals surface area contributed by atoms with E-state index in [4.69, 9.17) is 4.74 Å². The maximum absolute atomic E-state index is 11.3. The number of nitrogens with zero attached hydrogens (tertiary/aromatic N) is 3. The molecule has 6 heteroatoms. The van der Waals surface area contributed by atoms with Crippen molar-refractivity contribution in [3.8, 4) is 22.9 Å². The van der Waals surface area contributed by atoms with Gasteiger partial charge < -0.3 is 15.2 Å². The highest BCUT2D eigenvalue weighted by atomic mass is 16.5. The molecule has 0 aliphatic heterocycles. The summed E-state index contributed by atoms with van der Waals surface area (Å²) < 4.78 is 7.22. The van der Waals surface area contributed by atoms with Crippen molar-refractivity contribution in [1.29, 1.82) is 0 Å². The van der Waals surface area contributed by atoms with Crippen LogP contribution in [-0.4, -0.2) is 26.4 Å². The topological polar surface area (TPSA) is 73.3 Å². The summed E-state index contributed by atoms with van der Waals surface area (Å²) in [6.07, 6.45) is 0. The molecule has 0 atom stereocenters. The number of hydrogen-bond donors (Lipinski definition) is 1. The number of benzene rings is 3. The zero-order valence-corrected chi connectivity index (χ0v) is 13.7. The van der Waals surface area contributed by atoms with Crippen LogP contribution in [0.5, 0.6) is 11.5 Å². The van der Waals surface area contributed by atoms with Crippen LogP contribution in [0.4, 0.5) is 5.69 Å². The first-order valence-corrected chi connectivity index (χ1v) is 7.95. The van der Waals surface area contributed by atoms with E-state index >= 15 is 0 Å². The molecule has 0 aliphatic carbocycles. The molecule has 1 N–H and O–H groups in total. The Labute approximate surface area is 149 Å². The molecule has 0 amide bonds. The fourth-order valence-corrected chi connectivity index (χ4v) is 2.69. The molecule has 0 spiro atoms. The molecule has 0 aliphatic rings. The number of rotatable bonds is 4. The molecular formula is C20H15N3O3. The molecule has 0 unspecified atom stereocenters. The third-order valence-electron chi connectivity index (χ3n) is 3.99. The minimum atomic E-state index is 0.339. The lowest BCUT2D eigenvalue weighted by atomic mass is 10.2. The van der Waals surface area contributed by atoms with Crippen LogP contribution in [-0.2, 0) is 0 Å². The minimum absolute atomic E-state index is 0.339. The van der Waals surface area contributed by atoms with Crippen molar-refractivity contribution in [2.45, 2.75) is 0 Å². The third-order valence-corrected chi connectivity index (χ3v) is 3.99. The van der Waals surface area contributed by atoms with Gasteiger partial charge in [0.2, 0.25) is 5.69 Å². The zero-order chi connectivity index (χ0) is 18.1. The number of fused-ring (bicyclic) bond motifs is 1. The van der Waals surface area contributed by atoms with Gasteiger partial charge in [-0.1, -0.05) is 18.2 Å². The smallest absolute Gasteiger partial charge is 0.218 e. The number of hydrogen-bond acceptors (Lipinski definition) is 4. The van der Waals surface area contributed by atoms with Crippen LogP contribution >= 0.6 is 0 Å². The summed E-state index contributed by atoms with van der Waals surface area (Å²) in [4.78, 5) is 4.43. The zero-order valence-electron chi connectivity index (χ0n) is 13.7. The van der Waals surface area contributed by atoms with E-state index in [0.29, 0.717) is 33.0 Å². The molecule has 0 bridgehead atoms. The highest BCUT2D eigenvalue weighted by Gasteiger charge is 2.14. The van der Waals surface area contributed by atoms with E-state index in [1.165, 1.54) is 0 Å². The largest absolute Gasteiger partial charge is 0.619 e. The molecule has 26 heavy (non-hydrogen) atoms. The molecule has 0 radical (unpaired) electrons. The van der Waals surface area contributed by atoms with Crippen LogP contribution in [0.3, 0.4) is 0 Å². The van der Waals surface area contributed by atoms with Crippen molar-refractivity contribution in [3.05, 3.63) is 78.0 Å². The molecule has 4 rings (SSSR count). The molecule has 0 saturated carbocycles. The Morgan fingerprint density at radius 3 is 2.35 bits per heavy atom. The summed E-state index contributed by atoms with van der Waals surface area (Å²) in [5.41, 5.74) is 2.08. The summed E-state index contributed by atoms with van der Waals surface area (Å²) in [7, 11) is 0. The summed E-state index contributed by atoms with van der Waals surface area (Å²) in [5, 5.41) is 21.8. The number of para-hydroxylation sites is 1. The van der Waals surface area contributed by atoms with Gasteiger partial charge in [0.15, 0.2) is 5.82 Å². The highest BCUT2D eigenvalue weighted by Crippen LogP contribution is 2.28. The molecule has 0 fully saturated rings. The van der Waals surface area contributed by atoms with E-state index in [2.05, 4.69) is 11.7 Å². The molecule has 1 aromatic heterocycles. The van der Waals surface area contributed by atoms with Crippen LogP contribution in [0.1, 0.15) is 0 Å². The Morgan fingerprint density at radius 2 is 1.65 bits per heavy atom. The second-order valence-electron chi connectivity index (χ2n) is 5.74. The van der Waals surface area contributed by atoms with E-state index in [0.717, 1.165) is 16.0 Å². The fraction of sp³-hybridized carbons (Fsp3) is 0. The predicted molar refractivity (Wildman–Crippen MR) is 99.3 cm³/mol. The average molecular weight is 345 g/mol. The van der Waals surface area contributed by atoms with Crippen molar-refractivity contribution in [3.63, 3.8) is 0 Å². The predicted octanol–water partition coefficient (Wildman–Crippen LogP) is 4.58. The molecular weight excluding hydrogens is 330 g/mol. The van der Waals surface area contributed by atoms with Crippen molar-refractivity contribution in [1.82, 2.24) is 9.71 Å². The lowest BCUT2D eigenvalue weighted by molar-refractivity contribution is -0.349. The van der Waals surface area contributed by atoms with Gasteiger partial charge in [-0.05, 0) is 42.5 Å². The van der Waals surface area contributed by atoms with Gasteiger partial charge in [-0.25, -0.2) is 4.98 Å². The molecule has 6 nitrogen and oxygen atoms in total. The van der Waals surface area contributed by atoms with E-state index in [1.807, 2.05) is 54.6 Å². The second-order valence-corrected chi connectivity index (χ2v) is 5.74. The molecule has 1 heterocycles. The first-order chi connectivity index (χ1) is 12.6. The molecule has 128 valence electrons. The van der Waals surface area contributed by atoms with Crippen LogP contribution in [0.2, 0.25) is 0 Å². The van der Waals surface area contributed by atoms with Crippen LogP contribution < -0.4 is 4.74 Å². The van der Waals surface area contributed by atoms with Gasteiger partial charge in [0.05, 0.1) is 5.52 Å². The van der Waals surface area contributed by atoms with Crippen molar-refractivity contribution < 1.29 is 14.7 Å². The van der Waals surface area contributed by atoms with E-state index < -0.39 is 0 Å². The maximum atomic E-state index is 11.3. The lowest BCUT2D eigenvalue weighted by Crippen LogP contribution is -1.95. The average Bonchev–Trinajstić information content (AvgIpc) is 2.99. The van der Waals surface area contributed by atoms with E-state index in [1.54, 1.807) is 18.2 Å². The van der Waals surface area contributed by atoms with Crippen molar-refractivity contribution in [2.75, 3.05) is 0 Å². The first kappa shape index (κ1) is 15.7.